The van der Waals surface area contributed by atoms with Crippen LogP contribution >= 0.6 is 0 Å². The van der Waals surface area contributed by atoms with E-state index in [4.69, 9.17) is 0 Å². The zero-order valence-corrected chi connectivity index (χ0v) is 10.7. The van der Waals surface area contributed by atoms with Gasteiger partial charge in [-0.3, -0.25) is 9.78 Å². The molecule has 0 unspecified atom stereocenters. The van der Waals surface area contributed by atoms with E-state index in [-0.39, 0.29) is 33.9 Å². The van der Waals surface area contributed by atoms with Gasteiger partial charge in [0.25, 0.3) is 0 Å². The number of carbonyl (C=O) groups is 2. The summed E-state index contributed by atoms with van der Waals surface area (Å²) in [4.78, 5) is 38.6. The minimum atomic E-state index is -1.25. The van der Waals surface area contributed by atoms with E-state index < -0.39 is 11.9 Å². The fourth-order valence-corrected chi connectivity index (χ4v) is 0.348. The molecular formula is C8H14O6Ti. The summed E-state index contributed by atoms with van der Waals surface area (Å²) in [6, 6.07) is 0. The van der Waals surface area contributed by atoms with Crippen LogP contribution in [0.5, 0.6) is 0 Å². The molecule has 0 fully saturated rings. The molecule has 0 rings (SSSR count). The van der Waals surface area contributed by atoms with Crippen molar-refractivity contribution in [1.82, 2.24) is 0 Å². The minimum absolute atomic E-state index is 0. The predicted molar refractivity (Wildman–Crippen MR) is 44.6 cm³/mol. The Hall–Kier alpha value is -0.426. The number of hydrogen-bond acceptors (Lipinski definition) is 6. The van der Waals surface area contributed by atoms with E-state index in [9.17, 15) is 9.59 Å². The third kappa shape index (κ3) is 9.87. The van der Waals surface area contributed by atoms with Crippen LogP contribution in [0.2, 0.25) is 0 Å². The maximum atomic E-state index is 10.8. The second kappa shape index (κ2) is 8.85. The molecule has 6 nitrogen and oxygen atoms in total. The summed E-state index contributed by atoms with van der Waals surface area (Å²) in [5.74, 6) is -2.50. The molecule has 0 spiro atoms. The molecule has 86 valence electrons. The molecule has 0 bridgehead atoms. The molecule has 0 saturated carbocycles. The Balaban J connectivity index is 0. The maximum absolute atomic E-state index is 10.8. The fraction of sp³-hybridized carbons (Fsp3) is 0.750. The molecule has 7 heteroatoms. The molecule has 0 N–H and O–H groups in total. The molecule has 15 heavy (non-hydrogen) atoms. The van der Waals surface area contributed by atoms with E-state index in [0.29, 0.717) is 0 Å². The first-order valence-corrected chi connectivity index (χ1v) is 4.18. The Morgan fingerprint density at radius 1 is 0.800 bits per heavy atom. The predicted octanol–water partition coefficient (Wildman–Crippen LogP) is 0.750. The molecule has 0 aromatic rings. The van der Waals surface area contributed by atoms with Crippen molar-refractivity contribution in [2.75, 3.05) is 0 Å². The summed E-state index contributed by atoms with van der Waals surface area (Å²) in [6.45, 7) is 6.57. The first-order chi connectivity index (χ1) is 6.43. The van der Waals surface area contributed by atoms with Crippen molar-refractivity contribution in [3.05, 3.63) is 0 Å². The molecule has 0 aromatic heterocycles. The summed E-state index contributed by atoms with van der Waals surface area (Å²) in [7, 11) is 0. The molecule has 0 aromatic carbocycles. The Bertz CT molecular complexity index is 181. The van der Waals surface area contributed by atoms with Crippen LogP contribution < -0.4 is 0 Å². The average molecular weight is 254 g/mol. The summed E-state index contributed by atoms with van der Waals surface area (Å²) >= 11 is 0. The van der Waals surface area contributed by atoms with Gasteiger partial charge in [0.05, 0.1) is 12.2 Å². The average Bonchev–Trinajstić information content (AvgIpc) is 2.09. The van der Waals surface area contributed by atoms with Gasteiger partial charge in [0.2, 0.25) is 0 Å². The number of hydrogen-bond donors (Lipinski definition) is 0. The van der Waals surface area contributed by atoms with E-state index in [0.717, 1.165) is 0 Å². The van der Waals surface area contributed by atoms with Crippen LogP contribution in [0, 0.1) is 0 Å². The molecule has 0 atom stereocenters. The quantitative estimate of drug-likeness (QED) is 0.319. The summed E-state index contributed by atoms with van der Waals surface area (Å²) < 4.78 is 0. The fourth-order valence-electron chi connectivity index (χ4n) is 0.348. The third-order valence-electron chi connectivity index (χ3n) is 0.799. The number of carbonyl (C=O) groups excluding carboxylic acids is 2. The van der Waals surface area contributed by atoms with Gasteiger partial charge in [0.1, 0.15) is 0 Å². The standard InChI is InChI=1S/C8H14O6.Ti/c1-5(2)11-13-7(9)8(10)14-12-6(3)4;/h5-6H,1-4H3;. The smallest absolute Gasteiger partial charge is 0.285 e. The van der Waals surface area contributed by atoms with E-state index in [1.165, 1.54) is 0 Å². The zero-order valence-electron chi connectivity index (χ0n) is 9.10. The van der Waals surface area contributed by atoms with E-state index >= 15 is 0 Å². The van der Waals surface area contributed by atoms with Crippen molar-refractivity contribution in [3.63, 3.8) is 0 Å². The Morgan fingerprint density at radius 2 is 1.07 bits per heavy atom. The largest absolute Gasteiger partial charge is 0.453 e. The van der Waals surface area contributed by atoms with Gasteiger partial charge in [-0.25, -0.2) is 9.59 Å². The summed E-state index contributed by atoms with van der Waals surface area (Å²) in [5, 5.41) is 0. The van der Waals surface area contributed by atoms with Crippen LogP contribution in [-0.2, 0) is 50.9 Å². The van der Waals surface area contributed by atoms with Crippen LogP contribution in [-0.4, -0.2) is 24.1 Å². The van der Waals surface area contributed by atoms with Crippen molar-refractivity contribution in [3.8, 4) is 0 Å². The molecule has 0 heterocycles. The summed E-state index contributed by atoms with van der Waals surface area (Å²) in [5.41, 5.74) is 0. The Kier molecular flexibility index (Phi) is 10.0. The van der Waals surface area contributed by atoms with Crippen molar-refractivity contribution in [1.29, 1.82) is 0 Å². The van der Waals surface area contributed by atoms with Crippen molar-refractivity contribution >= 4 is 11.9 Å². The second-order valence-corrected chi connectivity index (χ2v) is 3.03. The van der Waals surface area contributed by atoms with Crippen molar-refractivity contribution < 1.29 is 50.9 Å². The van der Waals surface area contributed by atoms with Gasteiger partial charge in [0.15, 0.2) is 0 Å². The van der Waals surface area contributed by atoms with Gasteiger partial charge in [-0.05, 0) is 27.7 Å². The van der Waals surface area contributed by atoms with Gasteiger partial charge < -0.3 is 0 Å². The van der Waals surface area contributed by atoms with Crippen molar-refractivity contribution in [2.45, 2.75) is 39.9 Å². The summed E-state index contributed by atoms with van der Waals surface area (Å²) in [6.07, 6.45) is -0.643. The SMILES string of the molecule is CC(C)OOC(=O)C(=O)OOC(C)C.[Ti]. The topological polar surface area (TPSA) is 71.1 Å². The zero-order chi connectivity index (χ0) is 11.1. The molecule has 0 aliphatic heterocycles. The number of rotatable bonds is 4. The minimum Gasteiger partial charge on any atom is -0.285 e. The first kappa shape index (κ1) is 17.0. The normalized spacial score (nSPS) is 9.73. The van der Waals surface area contributed by atoms with E-state index in [1.807, 2.05) is 0 Å². The van der Waals surface area contributed by atoms with E-state index in [2.05, 4.69) is 19.6 Å². The maximum Gasteiger partial charge on any atom is 0.453 e. The van der Waals surface area contributed by atoms with Crippen LogP contribution in [0.1, 0.15) is 27.7 Å². The molecule has 0 amide bonds. The molecule has 0 saturated heterocycles. The van der Waals surface area contributed by atoms with Crippen LogP contribution in [0.4, 0.5) is 0 Å². The molecule has 0 aliphatic carbocycles. The van der Waals surface area contributed by atoms with Gasteiger partial charge in [0, 0.05) is 21.7 Å². The van der Waals surface area contributed by atoms with Gasteiger partial charge in [-0.15, -0.1) is 0 Å². The van der Waals surface area contributed by atoms with Crippen LogP contribution in [0.3, 0.4) is 0 Å². The molecule has 0 aliphatic rings. The van der Waals surface area contributed by atoms with Gasteiger partial charge >= 0.3 is 11.9 Å². The molecule has 0 radical (unpaired) electrons. The van der Waals surface area contributed by atoms with Crippen molar-refractivity contribution in [2.24, 2.45) is 0 Å². The molecular weight excluding hydrogens is 240 g/mol. The van der Waals surface area contributed by atoms with Crippen LogP contribution in [0.15, 0.2) is 0 Å². The Morgan fingerprint density at radius 3 is 1.27 bits per heavy atom. The third-order valence-corrected chi connectivity index (χ3v) is 0.799. The van der Waals surface area contributed by atoms with Gasteiger partial charge in [-0.2, -0.15) is 9.78 Å². The van der Waals surface area contributed by atoms with Gasteiger partial charge in [-0.1, -0.05) is 0 Å². The monoisotopic (exact) mass is 254 g/mol. The Labute approximate surface area is 103 Å². The van der Waals surface area contributed by atoms with Crippen LogP contribution in [0.25, 0.3) is 0 Å². The second-order valence-electron chi connectivity index (χ2n) is 3.03. The first-order valence-electron chi connectivity index (χ1n) is 4.18. The van der Waals surface area contributed by atoms with E-state index in [1.54, 1.807) is 27.7 Å².